The molecule has 0 saturated heterocycles. The van der Waals surface area contributed by atoms with E-state index in [1.807, 2.05) is 12.1 Å². The van der Waals surface area contributed by atoms with Crippen molar-refractivity contribution in [2.75, 3.05) is 20.3 Å². The third kappa shape index (κ3) is 6.09. The highest BCUT2D eigenvalue weighted by atomic mass is 35.5. The molecule has 0 heterocycles. The van der Waals surface area contributed by atoms with Crippen molar-refractivity contribution in [1.82, 2.24) is 5.32 Å². The van der Waals surface area contributed by atoms with Gasteiger partial charge < -0.3 is 19.9 Å². The molecule has 0 aromatic heterocycles. The van der Waals surface area contributed by atoms with Crippen LogP contribution in [0.1, 0.15) is 26.3 Å². The number of aliphatic hydroxyl groups excluding tert-OH is 1. The van der Waals surface area contributed by atoms with Crippen LogP contribution in [0.3, 0.4) is 0 Å². The molecule has 114 valence electrons. The Kier molecular flexibility index (Phi) is 6.76. The van der Waals surface area contributed by atoms with Gasteiger partial charge in [-0.05, 0) is 26.8 Å². The number of methoxy groups -OCH3 is 1. The van der Waals surface area contributed by atoms with Gasteiger partial charge in [-0.3, -0.25) is 0 Å². The number of para-hydroxylation sites is 1. The lowest BCUT2D eigenvalue weighted by Gasteiger charge is -2.22. The second-order valence-electron chi connectivity index (χ2n) is 5.75. The van der Waals surface area contributed by atoms with Gasteiger partial charge in [0.1, 0.15) is 18.5 Å². The van der Waals surface area contributed by atoms with E-state index in [2.05, 4.69) is 26.1 Å². The Morgan fingerprint density at radius 1 is 1.30 bits per heavy atom. The minimum Gasteiger partial charge on any atom is -0.489 e. The van der Waals surface area contributed by atoms with E-state index in [1.54, 1.807) is 6.07 Å². The van der Waals surface area contributed by atoms with Gasteiger partial charge in [0.05, 0.1) is 11.6 Å². The molecule has 5 heteroatoms. The second kappa shape index (κ2) is 7.84. The summed E-state index contributed by atoms with van der Waals surface area (Å²) in [5.41, 5.74) is 0.979. The fraction of sp³-hybridized carbons (Fsp3) is 0.600. The summed E-state index contributed by atoms with van der Waals surface area (Å²) >= 11 is 6.17. The zero-order chi connectivity index (χ0) is 15.2. The Morgan fingerprint density at radius 2 is 2.00 bits per heavy atom. The van der Waals surface area contributed by atoms with Crippen LogP contribution in [0.4, 0.5) is 0 Å². The number of aliphatic hydroxyl groups is 1. The molecule has 0 saturated carbocycles. The quantitative estimate of drug-likeness (QED) is 0.813. The van der Waals surface area contributed by atoms with E-state index < -0.39 is 6.10 Å². The average molecular weight is 302 g/mol. The lowest BCUT2D eigenvalue weighted by Crippen LogP contribution is -2.35. The Labute approximate surface area is 126 Å². The number of ether oxygens (including phenoxy) is 2. The summed E-state index contributed by atoms with van der Waals surface area (Å²) in [4.78, 5) is 0. The monoisotopic (exact) mass is 301 g/mol. The lowest BCUT2D eigenvalue weighted by molar-refractivity contribution is 0.0323. The summed E-state index contributed by atoms with van der Waals surface area (Å²) in [6.07, 6.45) is -0.667. The Balaban J connectivity index is 2.72. The molecule has 0 radical (unpaired) electrons. The molecule has 20 heavy (non-hydrogen) atoms. The molecule has 0 bridgehead atoms. The molecule has 0 aliphatic rings. The van der Waals surface area contributed by atoms with Gasteiger partial charge in [-0.15, -0.1) is 0 Å². The lowest BCUT2D eigenvalue weighted by atomic mass is 10.1. The highest BCUT2D eigenvalue weighted by Crippen LogP contribution is 2.29. The van der Waals surface area contributed by atoms with Crippen LogP contribution < -0.4 is 10.1 Å². The van der Waals surface area contributed by atoms with Gasteiger partial charge in [0, 0.05) is 24.8 Å². The minimum absolute atomic E-state index is 0.00908. The predicted molar refractivity (Wildman–Crippen MR) is 81.4 cm³/mol. The first-order valence-corrected chi connectivity index (χ1v) is 7.03. The largest absolute Gasteiger partial charge is 0.489 e. The summed E-state index contributed by atoms with van der Waals surface area (Å²) in [6, 6.07) is 5.63. The van der Waals surface area contributed by atoms with E-state index >= 15 is 0 Å². The first kappa shape index (κ1) is 17.2. The Morgan fingerprint density at radius 3 is 2.60 bits per heavy atom. The van der Waals surface area contributed by atoms with Gasteiger partial charge in [0.15, 0.2) is 0 Å². The van der Waals surface area contributed by atoms with Crippen molar-refractivity contribution in [2.24, 2.45) is 0 Å². The summed E-state index contributed by atoms with van der Waals surface area (Å²) in [7, 11) is 1.54. The van der Waals surface area contributed by atoms with Crippen molar-refractivity contribution in [2.45, 2.75) is 39.0 Å². The van der Waals surface area contributed by atoms with E-state index in [0.717, 1.165) is 5.56 Å². The van der Waals surface area contributed by atoms with E-state index in [-0.39, 0.29) is 18.8 Å². The highest BCUT2D eigenvalue weighted by molar-refractivity contribution is 6.32. The van der Waals surface area contributed by atoms with Crippen LogP contribution in [0.5, 0.6) is 5.75 Å². The summed E-state index contributed by atoms with van der Waals surface area (Å²) in [5.74, 6) is 0.612. The van der Waals surface area contributed by atoms with Crippen molar-refractivity contribution in [1.29, 1.82) is 0 Å². The molecular formula is C15H24ClNO3. The van der Waals surface area contributed by atoms with Crippen molar-refractivity contribution < 1.29 is 14.6 Å². The second-order valence-corrected chi connectivity index (χ2v) is 6.16. The normalized spacial score (nSPS) is 13.3. The number of nitrogens with one attached hydrogen (secondary N) is 1. The number of halogens is 1. The van der Waals surface area contributed by atoms with Crippen molar-refractivity contribution in [3.8, 4) is 5.75 Å². The molecular weight excluding hydrogens is 278 g/mol. The molecule has 1 unspecified atom stereocenters. The number of benzene rings is 1. The highest BCUT2D eigenvalue weighted by Gasteiger charge is 2.14. The first-order valence-electron chi connectivity index (χ1n) is 6.65. The van der Waals surface area contributed by atoms with Crippen LogP contribution in [0.2, 0.25) is 5.02 Å². The van der Waals surface area contributed by atoms with Crippen LogP contribution in [0, 0.1) is 0 Å². The molecule has 0 aliphatic carbocycles. The van der Waals surface area contributed by atoms with Crippen LogP contribution in [-0.2, 0) is 11.3 Å². The zero-order valence-corrected chi connectivity index (χ0v) is 13.3. The molecule has 0 spiro atoms. The van der Waals surface area contributed by atoms with Crippen LogP contribution in [0.25, 0.3) is 0 Å². The summed E-state index contributed by atoms with van der Waals surface area (Å²) in [5, 5.41) is 13.6. The van der Waals surface area contributed by atoms with Crippen molar-refractivity contribution in [3.63, 3.8) is 0 Å². The predicted octanol–water partition coefficient (Wildman–Crippen LogP) is 2.61. The third-order valence-electron chi connectivity index (χ3n) is 2.64. The molecule has 1 atom stereocenters. The van der Waals surface area contributed by atoms with Gasteiger partial charge >= 0.3 is 0 Å². The number of rotatable bonds is 7. The standard InChI is InChI=1S/C15H24ClNO3/c1-15(2,3)17-8-11-6-5-7-13(16)14(11)20-10-12(18)9-19-4/h5-7,12,17-18H,8-10H2,1-4H3. The number of hydrogen-bond acceptors (Lipinski definition) is 4. The van der Waals surface area contributed by atoms with Gasteiger partial charge in [-0.25, -0.2) is 0 Å². The molecule has 4 nitrogen and oxygen atoms in total. The zero-order valence-electron chi connectivity index (χ0n) is 12.6. The van der Waals surface area contributed by atoms with Crippen molar-refractivity contribution >= 4 is 11.6 Å². The molecule has 1 rings (SSSR count). The first-order chi connectivity index (χ1) is 9.33. The third-order valence-corrected chi connectivity index (χ3v) is 2.93. The average Bonchev–Trinajstić information content (AvgIpc) is 2.34. The van der Waals surface area contributed by atoms with Gasteiger partial charge in [0.25, 0.3) is 0 Å². The van der Waals surface area contributed by atoms with Crippen LogP contribution >= 0.6 is 11.6 Å². The van der Waals surface area contributed by atoms with E-state index in [4.69, 9.17) is 21.1 Å². The molecule has 0 aliphatic heterocycles. The smallest absolute Gasteiger partial charge is 0.142 e. The fourth-order valence-electron chi connectivity index (χ4n) is 1.63. The van der Waals surface area contributed by atoms with Crippen LogP contribution in [0.15, 0.2) is 18.2 Å². The van der Waals surface area contributed by atoms with Gasteiger partial charge in [0.2, 0.25) is 0 Å². The van der Waals surface area contributed by atoms with Gasteiger partial charge in [-0.1, -0.05) is 23.7 Å². The minimum atomic E-state index is -0.667. The topological polar surface area (TPSA) is 50.7 Å². The maximum absolute atomic E-state index is 9.64. The van der Waals surface area contributed by atoms with Crippen molar-refractivity contribution in [3.05, 3.63) is 28.8 Å². The fourth-order valence-corrected chi connectivity index (χ4v) is 1.88. The summed E-state index contributed by atoms with van der Waals surface area (Å²) in [6.45, 7) is 7.33. The molecule has 1 aromatic carbocycles. The van der Waals surface area contributed by atoms with Gasteiger partial charge in [-0.2, -0.15) is 0 Å². The van der Waals surface area contributed by atoms with E-state index in [0.29, 0.717) is 17.3 Å². The SMILES string of the molecule is COCC(O)COc1c(Cl)cccc1CNC(C)(C)C. The Hall–Kier alpha value is -0.810. The molecule has 2 N–H and O–H groups in total. The maximum atomic E-state index is 9.64. The molecule has 0 amide bonds. The number of hydrogen-bond donors (Lipinski definition) is 2. The molecule has 0 fully saturated rings. The maximum Gasteiger partial charge on any atom is 0.142 e. The van der Waals surface area contributed by atoms with E-state index in [9.17, 15) is 5.11 Å². The van der Waals surface area contributed by atoms with Crippen LogP contribution in [-0.4, -0.2) is 37.1 Å². The Bertz CT molecular complexity index is 418. The van der Waals surface area contributed by atoms with E-state index in [1.165, 1.54) is 7.11 Å². The molecule has 1 aromatic rings. The summed E-state index contributed by atoms with van der Waals surface area (Å²) < 4.78 is 10.5.